The van der Waals surface area contributed by atoms with Crippen LogP contribution < -0.4 is 15.4 Å². The van der Waals surface area contributed by atoms with Gasteiger partial charge in [-0.1, -0.05) is 17.7 Å². The minimum Gasteiger partial charge on any atom is -0.444 e. The number of aliphatic imine (C=N–C) groups is 1. The predicted octanol–water partition coefficient (Wildman–Crippen LogP) is 7.49. The number of ether oxygens (including phenoxy) is 4. The van der Waals surface area contributed by atoms with Gasteiger partial charge < -0.3 is 34.1 Å². The SMILES string of the molecule is Cc1ccc(S(=O)(=O)NCCCCN(CCCCN(CCCCN/C(=N\C(=O)OC(C)(C)C)NC(=O)OC(C)(C)C)C(=O)OC(C)(C)C)C(=O)OC(C)(C)C)cc1. The van der Waals surface area contributed by atoms with Crippen LogP contribution in [0.3, 0.4) is 0 Å². The Labute approximate surface area is 341 Å². The third-order valence-corrected chi connectivity index (χ3v) is 8.73. The molecule has 0 aromatic heterocycles. The van der Waals surface area contributed by atoms with E-state index in [1.54, 1.807) is 117 Å². The summed E-state index contributed by atoms with van der Waals surface area (Å²) < 4.78 is 49.8. The molecule has 326 valence electrons. The summed E-state index contributed by atoms with van der Waals surface area (Å²) in [5.41, 5.74) is -2.00. The maximum absolute atomic E-state index is 13.2. The van der Waals surface area contributed by atoms with Crippen molar-refractivity contribution < 1.29 is 46.5 Å². The van der Waals surface area contributed by atoms with Gasteiger partial charge in [0.15, 0.2) is 0 Å². The summed E-state index contributed by atoms with van der Waals surface area (Å²) >= 11 is 0. The average Bonchev–Trinajstić information content (AvgIpc) is 3.00. The van der Waals surface area contributed by atoms with Crippen LogP contribution in [0.15, 0.2) is 34.2 Å². The van der Waals surface area contributed by atoms with Crippen LogP contribution >= 0.6 is 0 Å². The van der Waals surface area contributed by atoms with E-state index in [2.05, 4.69) is 20.3 Å². The first-order valence-electron chi connectivity index (χ1n) is 19.6. The highest BCUT2D eigenvalue weighted by Gasteiger charge is 2.25. The van der Waals surface area contributed by atoms with Crippen LogP contribution in [0.2, 0.25) is 0 Å². The topological polar surface area (TPSA) is 194 Å². The Morgan fingerprint density at radius 3 is 1.42 bits per heavy atom. The summed E-state index contributed by atoms with van der Waals surface area (Å²) in [7, 11) is -3.64. The number of rotatable bonds is 17. The number of amides is 4. The molecule has 0 saturated carbocycles. The number of unbranched alkanes of at least 4 members (excludes halogenated alkanes) is 3. The second-order valence-electron chi connectivity index (χ2n) is 17.8. The zero-order chi connectivity index (χ0) is 43.7. The van der Waals surface area contributed by atoms with E-state index in [4.69, 9.17) is 18.9 Å². The molecule has 0 atom stereocenters. The summed E-state index contributed by atoms with van der Waals surface area (Å²) in [6.45, 7) is 24.9. The number of hydrogen-bond donors (Lipinski definition) is 3. The summed E-state index contributed by atoms with van der Waals surface area (Å²) in [6, 6.07) is 6.63. The zero-order valence-electron chi connectivity index (χ0n) is 36.6. The number of hydrogen-bond acceptors (Lipinski definition) is 10. The lowest BCUT2D eigenvalue weighted by Crippen LogP contribution is -2.44. The fourth-order valence-corrected chi connectivity index (χ4v) is 5.88. The van der Waals surface area contributed by atoms with E-state index < -0.39 is 56.8 Å². The van der Waals surface area contributed by atoms with Gasteiger partial charge in [0.1, 0.15) is 22.4 Å². The van der Waals surface area contributed by atoms with Crippen molar-refractivity contribution >= 4 is 40.4 Å². The lowest BCUT2D eigenvalue weighted by molar-refractivity contribution is 0.0207. The number of nitrogens with one attached hydrogen (secondary N) is 3. The van der Waals surface area contributed by atoms with E-state index >= 15 is 0 Å². The molecule has 0 saturated heterocycles. The molecule has 16 nitrogen and oxygen atoms in total. The third-order valence-electron chi connectivity index (χ3n) is 7.25. The molecule has 0 aliphatic carbocycles. The summed E-state index contributed by atoms with van der Waals surface area (Å²) in [5, 5.41) is 5.40. The first kappa shape index (κ1) is 50.9. The van der Waals surface area contributed by atoms with Crippen LogP contribution in [-0.4, -0.2) is 110 Å². The minimum absolute atomic E-state index is 0.124. The van der Waals surface area contributed by atoms with Crippen molar-refractivity contribution in [2.45, 2.75) is 156 Å². The smallest absolute Gasteiger partial charge is 0.437 e. The second-order valence-corrected chi connectivity index (χ2v) is 19.5. The molecule has 0 heterocycles. The lowest BCUT2D eigenvalue weighted by atomic mass is 10.2. The molecule has 1 aromatic carbocycles. The highest BCUT2D eigenvalue weighted by Crippen LogP contribution is 2.15. The summed E-state index contributed by atoms with van der Waals surface area (Å²) in [6.07, 6.45) is 0.680. The van der Waals surface area contributed by atoms with E-state index in [1.807, 2.05) is 6.92 Å². The number of nitrogens with zero attached hydrogens (tertiary/aromatic N) is 3. The molecular weight excluding hydrogens is 757 g/mol. The first-order chi connectivity index (χ1) is 26.1. The van der Waals surface area contributed by atoms with Crippen molar-refractivity contribution in [2.24, 2.45) is 4.99 Å². The van der Waals surface area contributed by atoms with E-state index in [9.17, 15) is 27.6 Å². The van der Waals surface area contributed by atoms with E-state index in [-0.39, 0.29) is 17.4 Å². The number of guanidine groups is 1. The Bertz CT molecular complexity index is 1570. The molecule has 0 bridgehead atoms. The monoisotopic (exact) mass is 826 g/mol. The number of sulfonamides is 1. The molecular formula is C40H70N6O10S. The zero-order valence-corrected chi connectivity index (χ0v) is 37.4. The number of alkyl carbamates (subject to hydrolysis) is 1. The molecule has 1 rings (SSSR count). The van der Waals surface area contributed by atoms with Crippen molar-refractivity contribution in [1.82, 2.24) is 25.2 Å². The molecule has 0 fully saturated rings. The lowest BCUT2D eigenvalue weighted by Gasteiger charge is -2.29. The van der Waals surface area contributed by atoms with Crippen molar-refractivity contribution in [3.8, 4) is 0 Å². The van der Waals surface area contributed by atoms with Gasteiger partial charge in [-0.2, -0.15) is 0 Å². The fraction of sp³-hybridized carbons (Fsp3) is 0.725. The number of aryl methyl sites for hydroxylation is 1. The maximum atomic E-state index is 13.2. The van der Waals surface area contributed by atoms with Gasteiger partial charge in [0.05, 0.1) is 4.90 Å². The highest BCUT2D eigenvalue weighted by atomic mass is 32.2. The Balaban J connectivity index is 2.84. The summed E-state index contributed by atoms with van der Waals surface area (Å²) in [5.74, 6) is -0.124. The Kier molecular flexibility index (Phi) is 20.3. The molecule has 0 aliphatic rings. The van der Waals surface area contributed by atoms with Gasteiger partial charge in [-0.25, -0.2) is 32.3 Å². The quantitative estimate of drug-likeness (QED) is 0.0610. The van der Waals surface area contributed by atoms with Crippen molar-refractivity contribution in [1.29, 1.82) is 0 Å². The van der Waals surface area contributed by atoms with E-state index in [1.165, 1.54) is 0 Å². The van der Waals surface area contributed by atoms with Gasteiger partial charge >= 0.3 is 24.4 Å². The van der Waals surface area contributed by atoms with Crippen molar-refractivity contribution in [2.75, 3.05) is 39.3 Å². The van der Waals surface area contributed by atoms with Gasteiger partial charge in [0, 0.05) is 39.3 Å². The van der Waals surface area contributed by atoms with Gasteiger partial charge in [0.2, 0.25) is 16.0 Å². The number of carbonyl (C=O) groups excluding carboxylic acids is 4. The van der Waals surface area contributed by atoms with Gasteiger partial charge in [-0.15, -0.1) is 4.99 Å². The van der Waals surface area contributed by atoms with Gasteiger partial charge in [-0.05, 0) is 141 Å². The predicted molar refractivity (Wildman–Crippen MR) is 221 cm³/mol. The molecule has 0 spiro atoms. The molecule has 1 aromatic rings. The molecule has 4 amide bonds. The fourth-order valence-electron chi connectivity index (χ4n) is 4.80. The van der Waals surface area contributed by atoms with Crippen molar-refractivity contribution in [3.05, 3.63) is 29.8 Å². The maximum Gasteiger partial charge on any atom is 0.437 e. The van der Waals surface area contributed by atoms with Gasteiger partial charge in [-0.3, -0.25) is 5.32 Å². The minimum atomic E-state index is -3.64. The average molecular weight is 827 g/mol. The molecule has 0 unspecified atom stereocenters. The summed E-state index contributed by atoms with van der Waals surface area (Å²) in [4.78, 5) is 58.4. The Morgan fingerprint density at radius 1 is 0.596 bits per heavy atom. The largest absolute Gasteiger partial charge is 0.444 e. The van der Waals surface area contributed by atoms with E-state index in [0.717, 1.165) is 5.56 Å². The number of carbonyl (C=O) groups is 4. The van der Waals surface area contributed by atoms with Crippen LogP contribution in [-0.2, 0) is 29.0 Å². The van der Waals surface area contributed by atoms with Crippen LogP contribution in [0.4, 0.5) is 19.2 Å². The first-order valence-corrected chi connectivity index (χ1v) is 21.1. The molecule has 17 heteroatoms. The van der Waals surface area contributed by atoms with Crippen LogP contribution in [0.25, 0.3) is 0 Å². The number of benzene rings is 1. The third kappa shape index (κ3) is 25.0. The van der Waals surface area contributed by atoms with Crippen LogP contribution in [0.1, 0.15) is 127 Å². The van der Waals surface area contributed by atoms with E-state index in [0.29, 0.717) is 71.2 Å². The second kappa shape index (κ2) is 22.7. The normalized spacial score (nSPS) is 12.7. The molecule has 0 radical (unpaired) electrons. The standard InChI is InChI=1S/C40H70N6O10S/c1-30-20-22-31(23-21-30)57(51,52)42-25-15-17-27-46(36(50)56-40(11,12)13)29-19-18-28-45(35(49)55-39(8,9)10)26-16-14-24-41-32(43-33(47)53-37(2,3)4)44-34(48)54-38(5,6)7/h20-23,42H,14-19,24-29H2,1-13H3,(H2,41,43,44,47,48). The van der Waals surface area contributed by atoms with Crippen LogP contribution in [0.5, 0.6) is 0 Å². The van der Waals surface area contributed by atoms with Crippen molar-refractivity contribution in [3.63, 3.8) is 0 Å². The molecule has 0 aliphatic heterocycles. The Hall–Kier alpha value is -4.12. The molecule has 57 heavy (non-hydrogen) atoms. The highest BCUT2D eigenvalue weighted by molar-refractivity contribution is 7.89. The van der Waals surface area contributed by atoms with Crippen LogP contribution in [0, 0.1) is 6.92 Å². The Morgan fingerprint density at radius 2 is 1.00 bits per heavy atom. The van der Waals surface area contributed by atoms with Gasteiger partial charge in [0.25, 0.3) is 0 Å². The molecule has 3 N–H and O–H groups in total.